The molecule has 3 rings (SSSR count). The van der Waals surface area contributed by atoms with Crippen LogP contribution in [0.5, 0.6) is 0 Å². The number of nitro groups is 1. The van der Waals surface area contributed by atoms with Gasteiger partial charge in [0.05, 0.1) is 15.0 Å². The Bertz CT molecular complexity index is 1170. The van der Waals surface area contributed by atoms with Crippen molar-refractivity contribution in [2.24, 2.45) is 0 Å². The van der Waals surface area contributed by atoms with Crippen LogP contribution in [0.2, 0.25) is 10.0 Å². The second kappa shape index (κ2) is 6.84. The van der Waals surface area contributed by atoms with E-state index in [1.807, 2.05) is 0 Å². The third kappa shape index (κ3) is 3.17. The quantitative estimate of drug-likeness (QED) is 0.294. The zero-order valence-corrected chi connectivity index (χ0v) is 15.1. The zero-order valence-electron chi connectivity index (χ0n) is 12.8. The molecular formula is C14H5Cl2N5O5S. The summed E-state index contributed by atoms with van der Waals surface area (Å²) in [6, 6.07) is 6.08. The summed E-state index contributed by atoms with van der Waals surface area (Å²) in [5, 5.41) is 46.8. The molecule has 136 valence electrons. The average Bonchev–Trinajstić information content (AvgIpc) is 3.12. The minimum Gasteiger partial charge on any atom is -0.710 e. The normalized spacial score (nSPS) is 10.6. The number of carbonyl (C=O) groups is 1. The summed E-state index contributed by atoms with van der Waals surface area (Å²) in [4.78, 5) is 22.3. The highest BCUT2D eigenvalue weighted by molar-refractivity contribution is 7.17. The molecule has 0 bridgehead atoms. The number of nitrogens with zero attached hydrogens (tertiary/aromatic N) is 4. The lowest BCUT2D eigenvalue weighted by molar-refractivity contribution is -0.620. The first-order valence-electron chi connectivity index (χ1n) is 6.88. The van der Waals surface area contributed by atoms with Gasteiger partial charge in [-0.3, -0.25) is 10.1 Å². The monoisotopic (exact) mass is 425 g/mol. The summed E-state index contributed by atoms with van der Waals surface area (Å²) < 4.78 is 0.294. The Balaban J connectivity index is 2.14. The van der Waals surface area contributed by atoms with Crippen molar-refractivity contribution in [1.29, 1.82) is 5.26 Å². The molecule has 0 saturated heterocycles. The van der Waals surface area contributed by atoms with E-state index in [2.05, 4.69) is 5.32 Å². The third-order valence-electron chi connectivity index (χ3n) is 3.42. The van der Waals surface area contributed by atoms with Crippen molar-refractivity contribution in [2.45, 2.75) is 0 Å². The summed E-state index contributed by atoms with van der Waals surface area (Å²) >= 11 is 12.3. The van der Waals surface area contributed by atoms with E-state index in [-0.39, 0.29) is 40.4 Å². The van der Waals surface area contributed by atoms with Crippen molar-refractivity contribution in [3.05, 3.63) is 65.4 Å². The number of hydrogen-bond acceptors (Lipinski definition) is 7. The summed E-state index contributed by atoms with van der Waals surface area (Å²) in [6.07, 6.45) is 0. The fraction of sp³-hybridized carbons (Fsp3) is 0. The van der Waals surface area contributed by atoms with Crippen molar-refractivity contribution in [3.63, 3.8) is 0 Å². The van der Waals surface area contributed by atoms with Crippen LogP contribution in [0, 0.1) is 31.9 Å². The van der Waals surface area contributed by atoms with Crippen LogP contribution in [0.4, 0.5) is 10.8 Å². The van der Waals surface area contributed by atoms with E-state index in [0.717, 1.165) is 18.2 Å². The molecule has 0 spiro atoms. The highest BCUT2D eigenvalue weighted by Crippen LogP contribution is 2.27. The van der Waals surface area contributed by atoms with E-state index in [0.29, 0.717) is 11.3 Å². The van der Waals surface area contributed by atoms with Crippen molar-refractivity contribution in [1.82, 2.24) is 0 Å². The van der Waals surface area contributed by atoms with Gasteiger partial charge in [-0.1, -0.05) is 34.5 Å². The van der Waals surface area contributed by atoms with Gasteiger partial charge in [0.15, 0.2) is 6.07 Å². The van der Waals surface area contributed by atoms with Crippen LogP contribution in [0.3, 0.4) is 0 Å². The number of anilines is 1. The number of thiophene rings is 1. The van der Waals surface area contributed by atoms with Crippen LogP contribution in [0.1, 0.15) is 15.4 Å². The molecule has 10 nitrogen and oxygen atoms in total. The SMILES string of the molecule is N#Cc1c(NC(=O)c2ccc([N+](=O)[O-])s2)[n+]([O-])c2cc(Cl)c(Cl)cc2[n+]1[O-]. The van der Waals surface area contributed by atoms with E-state index in [9.17, 15) is 30.6 Å². The Labute approximate surface area is 163 Å². The number of benzene rings is 1. The number of nitriles is 1. The minimum atomic E-state index is -0.895. The number of fused-ring (bicyclic) bond motifs is 1. The molecule has 0 fully saturated rings. The summed E-state index contributed by atoms with van der Waals surface area (Å²) in [7, 11) is 0. The first-order chi connectivity index (χ1) is 12.7. The number of carbonyl (C=O) groups excluding carboxylic acids is 1. The smallest absolute Gasteiger partial charge is 0.386 e. The van der Waals surface area contributed by atoms with E-state index in [1.165, 1.54) is 6.07 Å². The standard InChI is InChI=1S/C14H5Cl2N5O5S/c15-6-3-8-9(4-7(6)16)20(24)13(10(5-17)19(8)23)18-14(22)11-1-2-12(27-11)21(25)26/h1-4H,(H,18,22). The van der Waals surface area contributed by atoms with Crippen molar-refractivity contribution in [2.75, 3.05) is 5.32 Å². The lowest BCUT2D eigenvalue weighted by Crippen LogP contribution is -2.44. The van der Waals surface area contributed by atoms with E-state index < -0.39 is 22.3 Å². The molecule has 0 aliphatic rings. The molecule has 1 N–H and O–H groups in total. The fourth-order valence-corrected chi connectivity index (χ4v) is 3.24. The van der Waals surface area contributed by atoms with Crippen LogP contribution in [0.25, 0.3) is 11.0 Å². The summed E-state index contributed by atoms with van der Waals surface area (Å²) in [6.45, 7) is 0. The Morgan fingerprint density at radius 3 is 2.30 bits per heavy atom. The molecule has 0 atom stereocenters. The molecule has 2 aromatic heterocycles. The molecule has 1 amide bonds. The van der Waals surface area contributed by atoms with Gasteiger partial charge < -0.3 is 10.4 Å². The largest absolute Gasteiger partial charge is 0.710 e. The molecular weight excluding hydrogens is 421 g/mol. The lowest BCUT2D eigenvalue weighted by atomic mass is 10.2. The fourth-order valence-electron chi connectivity index (χ4n) is 2.21. The zero-order chi connectivity index (χ0) is 19.9. The van der Waals surface area contributed by atoms with Gasteiger partial charge in [0, 0.05) is 18.2 Å². The van der Waals surface area contributed by atoms with Gasteiger partial charge >= 0.3 is 22.4 Å². The highest BCUT2D eigenvalue weighted by atomic mass is 35.5. The van der Waals surface area contributed by atoms with Gasteiger partial charge in [0.2, 0.25) is 5.52 Å². The first kappa shape index (κ1) is 18.6. The van der Waals surface area contributed by atoms with Gasteiger partial charge in [-0.05, 0) is 6.07 Å². The Morgan fingerprint density at radius 1 is 1.19 bits per heavy atom. The summed E-state index contributed by atoms with van der Waals surface area (Å²) in [5.74, 6) is -1.53. The maximum absolute atomic E-state index is 12.6. The third-order valence-corrected chi connectivity index (χ3v) is 5.18. The summed E-state index contributed by atoms with van der Waals surface area (Å²) in [5.41, 5.74) is -1.14. The molecule has 2 heterocycles. The van der Waals surface area contributed by atoms with Crippen LogP contribution in [-0.2, 0) is 0 Å². The maximum atomic E-state index is 12.6. The van der Waals surface area contributed by atoms with Crippen molar-refractivity contribution in [3.8, 4) is 6.07 Å². The number of rotatable bonds is 3. The Morgan fingerprint density at radius 2 is 1.78 bits per heavy atom. The molecule has 27 heavy (non-hydrogen) atoms. The van der Waals surface area contributed by atoms with E-state index in [4.69, 9.17) is 23.2 Å². The number of nitrogens with one attached hydrogen (secondary N) is 1. The molecule has 0 aliphatic heterocycles. The molecule has 0 saturated carbocycles. The predicted molar refractivity (Wildman–Crippen MR) is 95.5 cm³/mol. The molecule has 0 unspecified atom stereocenters. The van der Waals surface area contributed by atoms with Crippen LogP contribution in [-0.4, -0.2) is 10.8 Å². The van der Waals surface area contributed by atoms with Gasteiger partial charge in [0.25, 0.3) is 5.52 Å². The number of hydrogen-bond donors (Lipinski definition) is 1. The minimum absolute atomic E-state index is 0.000312. The van der Waals surface area contributed by atoms with Crippen LogP contribution in [0.15, 0.2) is 24.3 Å². The van der Waals surface area contributed by atoms with Crippen LogP contribution >= 0.6 is 34.5 Å². The van der Waals surface area contributed by atoms with Gasteiger partial charge in [-0.25, -0.2) is 9.52 Å². The molecule has 3 aromatic rings. The van der Waals surface area contributed by atoms with Crippen molar-refractivity contribution >= 4 is 62.3 Å². The Hall–Kier alpha value is -3.20. The second-order valence-electron chi connectivity index (χ2n) is 5.00. The highest BCUT2D eigenvalue weighted by Gasteiger charge is 2.31. The van der Waals surface area contributed by atoms with Crippen molar-refractivity contribution < 1.29 is 19.2 Å². The van der Waals surface area contributed by atoms with Crippen LogP contribution < -0.4 is 14.8 Å². The average molecular weight is 426 g/mol. The van der Waals surface area contributed by atoms with E-state index in [1.54, 1.807) is 6.07 Å². The number of aromatic nitrogens is 2. The molecule has 1 aromatic carbocycles. The molecule has 13 heteroatoms. The second-order valence-corrected chi connectivity index (χ2v) is 6.88. The topological polar surface area (TPSA) is 150 Å². The van der Waals surface area contributed by atoms with Gasteiger partial charge in [0.1, 0.15) is 4.88 Å². The van der Waals surface area contributed by atoms with Gasteiger partial charge in [-0.15, -0.1) is 4.73 Å². The van der Waals surface area contributed by atoms with E-state index >= 15 is 0 Å². The number of amides is 1. The first-order valence-corrected chi connectivity index (χ1v) is 8.45. The molecule has 0 radical (unpaired) electrons. The Kier molecular flexibility index (Phi) is 4.71. The lowest BCUT2D eigenvalue weighted by Gasteiger charge is -2.13. The molecule has 0 aliphatic carbocycles. The van der Waals surface area contributed by atoms with Gasteiger partial charge in [-0.2, -0.15) is 10.6 Å². The maximum Gasteiger partial charge on any atom is 0.386 e. The predicted octanol–water partition coefficient (Wildman–Crippen LogP) is 2.51. The number of halogens is 2.